The molecule has 27 heavy (non-hydrogen) atoms. The molecule has 0 aliphatic rings. The van der Waals surface area contributed by atoms with Gasteiger partial charge in [0.2, 0.25) is 5.91 Å². The van der Waals surface area contributed by atoms with Gasteiger partial charge in [-0.25, -0.2) is 9.78 Å². The molecule has 9 heteroatoms. The number of nitrogens with zero attached hydrogens (tertiary/aromatic N) is 1. The normalized spacial score (nSPS) is 10.7. The van der Waals surface area contributed by atoms with Crippen molar-refractivity contribution in [1.82, 2.24) is 4.98 Å². The number of carboxylic acids is 1. The fourth-order valence-electron chi connectivity index (χ4n) is 2.44. The van der Waals surface area contributed by atoms with E-state index in [0.29, 0.717) is 27.5 Å². The van der Waals surface area contributed by atoms with Gasteiger partial charge in [-0.3, -0.25) is 9.59 Å². The van der Waals surface area contributed by atoms with Crippen molar-refractivity contribution in [3.8, 4) is 17.0 Å². The summed E-state index contributed by atoms with van der Waals surface area (Å²) in [6, 6.07) is 6.77. The lowest BCUT2D eigenvalue weighted by atomic mass is 10.1. The number of carbonyl (C=O) groups is 2. The van der Waals surface area contributed by atoms with Crippen LogP contribution in [0.15, 0.2) is 38.9 Å². The van der Waals surface area contributed by atoms with Crippen LogP contribution in [-0.2, 0) is 9.59 Å². The minimum atomic E-state index is -0.945. The van der Waals surface area contributed by atoms with Crippen molar-refractivity contribution in [2.45, 2.75) is 19.3 Å². The fourth-order valence-corrected chi connectivity index (χ4v) is 3.17. The number of methoxy groups -OCH3 is 1. The number of aromatic nitrogens is 1. The molecule has 0 unspecified atom stereocenters. The summed E-state index contributed by atoms with van der Waals surface area (Å²) in [5, 5.41) is 13.9. The predicted molar refractivity (Wildman–Crippen MR) is 100 cm³/mol. The van der Waals surface area contributed by atoms with E-state index < -0.39 is 11.6 Å². The summed E-state index contributed by atoms with van der Waals surface area (Å²) in [5.74, 6) is -0.638. The molecule has 0 bridgehead atoms. The monoisotopic (exact) mass is 388 g/mol. The third kappa shape index (κ3) is 4.50. The minimum Gasteiger partial charge on any atom is -0.497 e. The van der Waals surface area contributed by atoms with E-state index >= 15 is 0 Å². The van der Waals surface area contributed by atoms with Gasteiger partial charge < -0.3 is 19.6 Å². The smallest absolute Gasteiger partial charge is 0.345 e. The summed E-state index contributed by atoms with van der Waals surface area (Å²) < 4.78 is 10.5. The van der Waals surface area contributed by atoms with E-state index in [1.54, 1.807) is 36.8 Å². The summed E-state index contributed by atoms with van der Waals surface area (Å²) in [6.45, 7) is 0. The average Bonchev–Trinajstić information content (AvgIpc) is 3.08. The van der Waals surface area contributed by atoms with E-state index in [1.165, 1.54) is 11.3 Å². The van der Waals surface area contributed by atoms with Gasteiger partial charge in [-0.15, -0.1) is 11.3 Å². The highest BCUT2D eigenvalue weighted by molar-refractivity contribution is 7.14. The lowest BCUT2D eigenvalue weighted by Crippen LogP contribution is -2.11. The second-order valence-electron chi connectivity index (χ2n) is 5.68. The first-order valence-electron chi connectivity index (χ1n) is 8.05. The van der Waals surface area contributed by atoms with Crippen LogP contribution in [0.5, 0.6) is 5.75 Å². The first-order valence-corrected chi connectivity index (χ1v) is 8.93. The van der Waals surface area contributed by atoms with E-state index in [0.717, 1.165) is 0 Å². The van der Waals surface area contributed by atoms with E-state index in [2.05, 4.69) is 10.3 Å². The molecule has 0 saturated heterocycles. The Bertz CT molecular complexity index is 1060. The molecular weight excluding hydrogens is 372 g/mol. The zero-order valence-corrected chi connectivity index (χ0v) is 15.2. The molecule has 0 aliphatic heterocycles. The molecule has 2 aromatic heterocycles. The third-order valence-electron chi connectivity index (χ3n) is 3.76. The highest BCUT2D eigenvalue weighted by Crippen LogP contribution is 2.27. The van der Waals surface area contributed by atoms with Crippen LogP contribution in [0.2, 0.25) is 0 Å². The van der Waals surface area contributed by atoms with Crippen LogP contribution in [0.4, 0.5) is 5.13 Å². The van der Waals surface area contributed by atoms with Crippen molar-refractivity contribution in [2.24, 2.45) is 0 Å². The zero-order chi connectivity index (χ0) is 19.4. The number of ether oxygens (including phenoxy) is 1. The Morgan fingerprint density at radius 2 is 2.11 bits per heavy atom. The number of hydrogen-bond acceptors (Lipinski definition) is 7. The van der Waals surface area contributed by atoms with Gasteiger partial charge in [-0.1, -0.05) is 0 Å². The highest BCUT2D eigenvalue weighted by atomic mass is 32.1. The second kappa shape index (κ2) is 8.00. The quantitative estimate of drug-likeness (QED) is 0.597. The molecule has 2 N–H and O–H groups in total. The number of fused-ring (bicyclic) bond motifs is 1. The molecule has 2 heterocycles. The Balaban J connectivity index is 1.79. The molecule has 140 valence electrons. The van der Waals surface area contributed by atoms with Crippen LogP contribution in [0.3, 0.4) is 0 Å². The molecule has 0 fully saturated rings. The van der Waals surface area contributed by atoms with Gasteiger partial charge >= 0.3 is 11.6 Å². The fraction of sp³-hybridized carbons (Fsp3) is 0.222. The number of carbonyl (C=O) groups excluding carboxylic acids is 1. The Hall–Kier alpha value is -3.20. The summed E-state index contributed by atoms with van der Waals surface area (Å²) in [6.07, 6.45) is 0.257. The van der Waals surface area contributed by atoms with Crippen molar-refractivity contribution in [3.63, 3.8) is 0 Å². The van der Waals surface area contributed by atoms with Crippen molar-refractivity contribution < 1.29 is 23.8 Å². The number of hydrogen-bond donors (Lipinski definition) is 2. The Kier molecular flexibility index (Phi) is 5.51. The zero-order valence-electron chi connectivity index (χ0n) is 14.4. The number of rotatable bonds is 7. The summed E-state index contributed by atoms with van der Waals surface area (Å²) in [7, 11) is 1.55. The standard InChI is InChI=1S/C18H16N2O6S/c1-25-11-5-6-14-10(7-11)8-12(17(24)26-14)13-9-27-18(19-13)20-15(21)3-2-4-16(22)23/h5-9H,2-4H2,1H3,(H,22,23)(H,19,20,21). The summed E-state index contributed by atoms with van der Waals surface area (Å²) in [4.78, 5) is 38.8. The number of amides is 1. The van der Waals surface area contributed by atoms with Gasteiger partial charge in [0.25, 0.3) is 0 Å². The first-order chi connectivity index (χ1) is 13.0. The molecule has 8 nitrogen and oxygen atoms in total. The van der Waals surface area contributed by atoms with E-state index in [4.69, 9.17) is 14.3 Å². The number of anilines is 1. The molecule has 1 aromatic carbocycles. The minimum absolute atomic E-state index is 0.0713. The highest BCUT2D eigenvalue weighted by Gasteiger charge is 2.13. The molecule has 0 aliphatic carbocycles. The maximum Gasteiger partial charge on any atom is 0.345 e. The SMILES string of the molecule is COc1ccc2oc(=O)c(-c3csc(NC(=O)CCCC(=O)O)n3)cc2c1. The second-order valence-corrected chi connectivity index (χ2v) is 6.54. The number of thiazole rings is 1. The molecule has 0 spiro atoms. The number of aliphatic carboxylic acids is 1. The van der Waals surface area contributed by atoms with Gasteiger partial charge in [0, 0.05) is 23.6 Å². The van der Waals surface area contributed by atoms with Gasteiger partial charge in [0.15, 0.2) is 5.13 Å². The number of nitrogens with one attached hydrogen (secondary N) is 1. The maximum atomic E-state index is 12.2. The van der Waals surface area contributed by atoms with Crippen molar-refractivity contribution in [3.05, 3.63) is 40.1 Å². The Labute approximate surface area is 157 Å². The van der Waals surface area contributed by atoms with Crippen LogP contribution in [0.25, 0.3) is 22.2 Å². The molecule has 1 amide bonds. The first kappa shape index (κ1) is 18.6. The van der Waals surface area contributed by atoms with Crippen molar-refractivity contribution in [2.75, 3.05) is 12.4 Å². The Morgan fingerprint density at radius 3 is 2.85 bits per heavy atom. The Morgan fingerprint density at radius 1 is 1.30 bits per heavy atom. The van der Waals surface area contributed by atoms with E-state index in [-0.39, 0.29) is 30.7 Å². The van der Waals surface area contributed by atoms with Gasteiger partial charge in [0.05, 0.1) is 18.4 Å². The van der Waals surface area contributed by atoms with Gasteiger partial charge in [-0.2, -0.15) is 0 Å². The third-order valence-corrected chi connectivity index (χ3v) is 4.52. The van der Waals surface area contributed by atoms with Gasteiger partial charge in [-0.05, 0) is 30.7 Å². The van der Waals surface area contributed by atoms with Crippen LogP contribution in [-0.4, -0.2) is 29.1 Å². The molecular formula is C18H16N2O6S. The average molecular weight is 388 g/mol. The molecule has 0 radical (unpaired) electrons. The largest absolute Gasteiger partial charge is 0.497 e. The summed E-state index contributed by atoms with van der Waals surface area (Å²) >= 11 is 1.17. The molecule has 0 saturated carbocycles. The van der Waals surface area contributed by atoms with Crippen LogP contribution < -0.4 is 15.7 Å². The lowest BCUT2D eigenvalue weighted by Gasteiger charge is -2.03. The predicted octanol–water partition coefficient (Wildman–Crippen LogP) is 3.12. The van der Waals surface area contributed by atoms with Gasteiger partial charge in [0.1, 0.15) is 11.3 Å². The van der Waals surface area contributed by atoms with E-state index in [1.807, 2.05) is 0 Å². The molecule has 3 aromatic rings. The number of benzene rings is 1. The summed E-state index contributed by atoms with van der Waals surface area (Å²) in [5.41, 5.74) is 0.571. The molecule has 0 atom stereocenters. The lowest BCUT2D eigenvalue weighted by molar-refractivity contribution is -0.137. The molecule has 3 rings (SSSR count). The van der Waals surface area contributed by atoms with Crippen LogP contribution >= 0.6 is 11.3 Å². The number of carboxylic acid groups (broad SMARTS) is 1. The topological polar surface area (TPSA) is 119 Å². The van der Waals surface area contributed by atoms with E-state index in [9.17, 15) is 14.4 Å². The van der Waals surface area contributed by atoms with Crippen LogP contribution in [0.1, 0.15) is 19.3 Å². The maximum absolute atomic E-state index is 12.2. The van der Waals surface area contributed by atoms with Crippen LogP contribution in [0, 0.1) is 0 Å². The van der Waals surface area contributed by atoms with Crippen molar-refractivity contribution >= 4 is 39.3 Å². The van der Waals surface area contributed by atoms with Crippen molar-refractivity contribution in [1.29, 1.82) is 0 Å².